The fourth-order valence-electron chi connectivity index (χ4n) is 5.98. The minimum atomic E-state index is -0.539. The summed E-state index contributed by atoms with van der Waals surface area (Å²) < 4.78 is 1.73. The molecule has 2 aromatic rings. The lowest BCUT2D eigenvalue weighted by Crippen LogP contribution is -2.48. The third-order valence-corrected chi connectivity index (χ3v) is 7.45. The molecule has 1 aromatic heterocycles. The zero-order chi connectivity index (χ0) is 22.4. The number of hydrogen-bond acceptors (Lipinski definition) is 4. The molecule has 0 saturated carbocycles. The van der Waals surface area contributed by atoms with Crippen molar-refractivity contribution in [3.8, 4) is 11.1 Å². The predicted molar refractivity (Wildman–Crippen MR) is 120 cm³/mol. The van der Waals surface area contributed by atoms with Crippen LogP contribution in [0.2, 0.25) is 0 Å². The summed E-state index contributed by atoms with van der Waals surface area (Å²) in [4.78, 5) is 43.4. The molecule has 3 aliphatic heterocycles. The third kappa shape index (κ3) is 3.18. The van der Waals surface area contributed by atoms with Crippen LogP contribution in [0.25, 0.3) is 11.1 Å². The van der Waals surface area contributed by atoms with Crippen molar-refractivity contribution in [1.82, 2.24) is 14.4 Å². The van der Waals surface area contributed by atoms with E-state index < -0.39 is 17.9 Å². The van der Waals surface area contributed by atoms with Crippen LogP contribution in [-0.2, 0) is 16.1 Å². The first-order valence-corrected chi connectivity index (χ1v) is 11.5. The van der Waals surface area contributed by atoms with Gasteiger partial charge in [0.25, 0.3) is 5.56 Å². The Hall–Kier alpha value is -2.93. The number of aromatic nitrogens is 1. The number of fused-ring (bicyclic) bond motifs is 4. The number of nitrogens with zero attached hydrogens (tertiary/aromatic N) is 3. The molecule has 7 heteroatoms. The number of pyridine rings is 1. The average Bonchev–Trinajstić information content (AvgIpc) is 3.07. The van der Waals surface area contributed by atoms with Gasteiger partial charge in [-0.3, -0.25) is 14.4 Å². The van der Waals surface area contributed by atoms with Gasteiger partial charge in [0, 0.05) is 50.3 Å². The number of likely N-dealkylation sites (tertiary alicyclic amines) is 1. The first kappa shape index (κ1) is 20.9. The zero-order valence-corrected chi connectivity index (χ0v) is 18.3. The van der Waals surface area contributed by atoms with Gasteiger partial charge in [0.2, 0.25) is 11.8 Å². The first-order chi connectivity index (χ1) is 15.5. The molecule has 3 aliphatic rings. The minimum Gasteiger partial charge on any atom is -0.396 e. The lowest BCUT2D eigenvalue weighted by molar-refractivity contribution is -0.140. The van der Waals surface area contributed by atoms with Gasteiger partial charge in [-0.05, 0) is 37.0 Å². The van der Waals surface area contributed by atoms with E-state index in [-0.39, 0.29) is 30.0 Å². The van der Waals surface area contributed by atoms with Gasteiger partial charge in [-0.1, -0.05) is 30.3 Å². The minimum absolute atomic E-state index is 0.00413. The lowest BCUT2D eigenvalue weighted by Gasteiger charge is -2.38. The van der Waals surface area contributed by atoms with Crippen molar-refractivity contribution < 1.29 is 14.7 Å². The molecule has 7 nitrogen and oxygen atoms in total. The summed E-state index contributed by atoms with van der Waals surface area (Å²) in [5.41, 5.74) is 2.01. The Labute approximate surface area is 187 Å². The van der Waals surface area contributed by atoms with Gasteiger partial charge in [-0.25, -0.2) is 0 Å². The van der Waals surface area contributed by atoms with E-state index in [1.54, 1.807) is 15.5 Å². The molecule has 4 heterocycles. The summed E-state index contributed by atoms with van der Waals surface area (Å²) in [6.45, 7) is 3.03. The Kier molecular flexibility index (Phi) is 5.37. The SMILES string of the molecule is CC(=O)N1[C@@H]2c3ccc(-c4ccccc4)c(=O)n3C[C@H]1[C@H](CO)[C@H]2C(=O)N1CCCCC1. The first-order valence-electron chi connectivity index (χ1n) is 11.5. The summed E-state index contributed by atoms with van der Waals surface area (Å²) in [7, 11) is 0. The molecule has 1 aromatic carbocycles. The number of amides is 2. The maximum Gasteiger partial charge on any atom is 0.258 e. The Balaban J connectivity index is 1.62. The number of aliphatic hydroxyl groups is 1. The molecule has 2 bridgehead atoms. The van der Waals surface area contributed by atoms with Crippen LogP contribution in [0, 0.1) is 11.8 Å². The van der Waals surface area contributed by atoms with E-state index in [1.807, 2.05) is 41.3 Å². The van der Waals surface area contributed by atoms with Crippen molar-refractivity contribution in [3.63, 3.8) is 0 Å². The largest absolute Gasteiger partial charge is 0.396 e. The summed E-state index contributed by atoms with van der Waals surface area (Å²) in [5.74, 6) is -1.06. The maximum absolute atomic E-state index is 13.7. The summed E-state index contributed by atoms with van der Waals surface area (Å²) in [6.07, 6.45) is 3.07. The van der Waals surface area contributed by atoms with Crippen LogP contribution in [0.3, 0.4) is 0 Å². The number of rotatable bonds is 3. The zero-order valence-electron chi connectivity index (χ0n) is 18.3. The highest BCUT2D eigenvalue weighted by atomic mass is 16.3. The maximum atomic E-state index is 13.7. The summed E-state index contributed by atoms with van der Waals surface area (Å²) in [6, 6.07) is 12.3. The van der Waals surface area contributed by atoms with Crippen molar-refractivity contribution in [2.24, 2.45) is 11.8 Å². The van der Waals surface area contributed by atoms with Crippen LogP contribution in [0.15, 0.2) is 47.3 Å². The fraction of sp³-hybridized carbons (Fsp3) is 0.480. The van der Waals surface area contributed by atoms with Crippen molar-refractivity contribution in [2.45, 2.75) is 44.8 Å². The molecular formula is C25H29N3O4. The fourth-order valence-corrected chi connectivity index (χ4v) is 5.98. The number of carbonyl (C=O) groups is 2. The van der Waals surface area contributed by atoms with Gasteiger partial charge < -0.3 is 19.5 Å². The molecular weight excluding hydrogens is 406 g/mol. The standard InChI is InChI=1S/C25H29N3O4/c1-16(30)28-21-14-27-20(11-10-18(24(27)31)17-8-4-2-5-9-17)23(28)22(19(21)15-29)25(32)26-12-6-3-7-13-26/h2,4-5,8-11,19,21-23,29H,3,6-7,12-15H2,1H3/t19-,21-,22+,23+/m0/s1. The second kappa shape index (κ2) is 8.20. The Morgan fingerprint density at radius 1 is 1.03 bits per heavy atom. The van der Waals surface area contributed by atoms with Crippen LogP contribution < -0.4 is 5.56 Å². The number of piperidine rings is 1. The highest BCUT2D eigenvalue weighted by Gasteiger charge is 2.57. The van der Waals surface area contributed by atoms with E-state index in [0.717, 1.165) is 24.8 Å². The topological polar surface area (TPSA) is 82.9 Å². The normalized spacial score (nSPS) is 26.7. The molecule has 2 saturated heterocycles. The molecule has 0 radical (unpaired) electrons. The summed E-state index contributed by atoms with van der Waals surface area (Å²) in [5, 5.41) is 10.3. The highest BCUT2D eigenvalue weighted by Crippen LogP contribution is 2.49. The van der Waals surface area contributed by atoms with Crippen LogP contribution >= 0.6 is 0 Å². The smallest absolute Gasteiger partial charge is 0.258 e. The van der Waals surface area contributed by atoms with Gasteiger partial charge in [0.05, 0.1) is 18.0 Å². The molecule has 2 fully saturated rings. The molecule has 2 amide bonds. The second-order valence-electron chi connectivity index (χ2n) is 9.15. The third-order valence-electron chi connectivity index (χ3n) is 7.45. The van der Waals surface area contributed by atoms with E-state index in [0.29, 0.717) is 30.9 Å². The van der Waals surface area contributed by atoms with Crippen molar-refractivity contribution in [2.75, 3.05) is 19.7 Å². The Morgan fingerprint density at radius 3 is 2.41 bits per heavy atom. The van der Waals surface area contributed by atoms with Crippen LogP contribution in [0.5, 0.6) is 0 Å². The van der Waals surface area contributed by atoms with Crippen molar-refractivity contribution in [3.05, 3.63) is 58.5 Å². The van der Waals surface area contributed by atoms with Gasteiger partial charge in [0.1, 0.15) is 0 Å². The molecule has 0 spiro atoms. The molecule has 4 atom stereocenters. The van der Waals surface area contributed by atoms with Crippen LogP contribution in [0.1, 0.15) is 37.9 Å². The van der Waals surface area contributed by atoms with E-state index in [4.69, 9.17) is 0 Å². The lowest BCUT2D eigenvalue weighted by atomic mass is 9.85. The number of benzene rings is 1. The number of hydrogen-bond donors (Lipinski definition) is 1. The molecule has 32 heavy (non-hydrogen) atoms. The molecule has 5 rings (SSSR count). The van der Waals surface area contributed by atoms with Crippen molar-refractivity contribution >= 4 is 11.8 Å². The predicted octanol–water partition coefficient (Wildman–Crippen LogP) is 2.04. The van der Waals surface area contributed by atoms with Crippen molar-refractivity contribution in [1.29, 1.82) is 0 Å². The molecule has 1 N–H and O–H groups in total. The Bertz CT molecular complexity index is 1090. The number of carbonyl (C=O) groups excluding carboxylic acids is 2. The Morgan fingerprint density at radius 2 is 1.75 bits per heavy atom. The van der Waals surface area contributed by atoms with E-state index >= 15 is 0 Å². The molecule has 168 valence electrons. The molecule has 0 unspecified atom stereocenters. The van der Waals surface area contributed by atoms with Gasteiger partial charge >= 0.3 is 0 Å². The average molecular weight is 436 g/mol. The second-order valence-corrected chi connectivity index (χ2v) is 9.15. The van der Waals surface area contributed by atoms with Gasteiger partial charge in [0.15, 0.2) is 0 Å². The van der Waals surface area contributed by atoms with Gasteiger partial charge in [-0.2, -0.15) is 0 Å². The van der Waals surface area contributed by atoms with E-state index in [2.05, 4.69) is 0 Å². The van der Waals surface area contributed by atoms with Gasteiger partial charge in [-0.15, -0.1) is 0 Å². The van der Waals surface area contributed by atoms with E-state index in [9.17, 15) is 19.5 Å². The van der Waals surface area contributed by atoms with E-state index in [1.165, 1.54) is 6.92 Å². The number of aliphatic hydroxyl groups excluding tert-OH is 1. The molecule has 0 aliphatic carbocycles. The quantitative estimate of drug-likeness (QED) is 0.800. The van der Waals surface area contributed by atoms with Crippen LogP contribution in [-0.4, -0.2) is 57.0 Å². The monoisotopic (exact) mass is 435 g/mol. The highest BCUT2D eigenvalue weighted by molar-refractivity contribution is 5.84. The van der Waals surface area contributed by atoms with Crippen LogP contribution in [0.4, 0.5) is 0 Å². The summed E-state index contributed by atoms with van der Waals surface area (Å²) >= 11 is 0.